The Morgan fingerprint density at radius 2 is 1.73 bits per heavy atom. The molecule has 160 valence electrons. The van der Waals surface area contributed by atoms with Crippen LogP contribution in [0.15, 0.2) is 53.9 Å². The van der Waals surface area contributed by atoms with Crippen LogP contribution in [0.5, 0.6) is 0 Å². The molecule has 0 saturated carbocycles. The normalized spacial score (nSPS) is 14.2. The second kappa shape index (κ2) is 9.45. The highest BCUT2D eigenvalue weighted by atomic mass is 32.2. The number of benzene rings is 2. The van der Waals surface area contributed by atoms with Crippen LogP contribution < -0.4 is 10.2 Å². The maximum Gasteiger partial charge on any atom is 0.255 e. The van der Waals surface area contributed by atoms with Gasteiger partial charge in [-0.1, -0.05) is 38.6 Å². The number of anilines is 2. The molecule has 0 aromatic heterocycles. The van der Waals surface area contributed by atoms with Crippen molar-refractivity contribution in [2.45, 2.75) is 31.6 Å². The third kappa shape index (κ3) is 4.57. The predicted molar refractivity (Wildman–Crippen MR) is 122 cm³/mol. The van der Waals surface area contributed by atoms with E-state index in [4.69, 9.17) is 0 Å². The lowest BCUT2D eigenvalue weighted by Crippen LogP contribution is -2.31. The Bertz CT molecular complexity index is 1010. The van der Waals surface area contributed by atoms with Crippen LogP contribution in [-0.2, 0) is 10.0 Å². The van der Waals surface area contributed by atoms with Crippen LogP contribution in [0.1, 0.15) is 42.6 Å². The average Bonchev–Trinajstić information content (AvgIpc) is 3.29. The minimum atomic E-state index is -3.62. The van der Waals surface area contributed by atoms with Gasteiger partial charge >= 0.3 is 0 Å². The zero-order valence-corrected chi connectivity index (χ0v) is 18.4. The Morgan fingerprint density at radius 1 is 1.10 bits per heavy atom. The van der Waals surface area contributed by atoms with Crippen molar-refractivity contribution in [3.63, 3.8) is 0 Å². The van der Waals surface area contributed by atoms with Crippen molar-refractivity contribution in [1.29, 1.82) is 0 Å². The van der Waals surface area contributed by atoms with E-state index in [9.17, 15) is 13.2 Å². The van der Waals surface area contributed by atoms with Gasteiger partial charge in [0, 0.05) is 31.7 Å². The van der Waals surface area contributed by atoms with E-state index in [1.54, 1.807) is 36.4 Å². The summed E-state index contributed by atoms with van der Waals surface area (Å²) in [6, 6.07) is 12.1. The van der Waals surface area contributed by atoms with E-state index in [1.807, 2.05) is 26.0 Å². The number of hydrogen-bond acceptors (Lipinski definition) is 4. The Morgan fingerprint density at radius 3 is 2.30 bits per heavy atom. The van der Waals surface area contributed by atoms with Gasteiger partial charge in [0.1, 0.15) is 0 Å². The van der Waals surface area contributed by atoms with Crippen molar-refractivity contribution in [3.8, 4) is 0 Å². The molecule has 30 heavy (non-hydrogen) atoms. The highest BCUT2D eigenvalue weighted by Gasteiger charge is 2.25. The monoisotopic (exact) mass is 427 g/mol. The molecule has 1 amide bonds. The number of amides is 1. The Kier molecular flexibility index (Phi) is 6.95. The summed E-state index contributed by atoms with van der Waals surface area (Å²) in [6.07, 6.45) is 3.88. The van der Waals surface area contributed by atoms with Crippen molar-refractivity contribution in [3.05, 3.63) is 60.2 Å². The lowest BCUT2D eigenvalue weighted by molar-refractivity contribution is 0.102. The summed E-state index contributed by atoms with van der Waals surface area (Å²) >= 11 is 0. The fraction of sp³-hybridized carbons (Fsp3) is 0.348. The second-order valence-electron chi connectivity index (χ2n) is 7.24. The zero-order valence-electron chi connectivity index (χ0n) is 17.6. The van der Waals surface area contributed by atoms with Crippen LogP contribution in [0.4, 0.5) is 11.4 Å². The van der Waals surface area contributed by atoms with Crippen LogP contribution in [-0.4, -0.2) is 44.8 Å². The highest BCUT2D eigenvalue weighted by molar-refractivity contribution is 7.89. The van der Waals surface area contributed by atoms with E-state index >= 15 is 0 Å². The molecule has 3 rings (SSSR count). The van der Waals surface area contributed by atoms with Crippen molar-refractivity contribution in [1.82, 2.24) is 4.31 Å². The Hall–Kier alpha value is -2.64. The predicted octanol–water partition coefficient (Wildman–Crippen LogP) is 4.21. The number of sulfonamides is 1. The lowest BCUT2D eigenvalue weighted by Gasteiger charge is -2.24. The molecule has 1 heterocycles. The molecule has 0 unspecified atom stereocenters. The number of hydrogen-bond donors (Lipinski definition) is 1. The lowest BCUT2D eigenvalue weighted by atomic mass is 10.1. The second-order valence-corrected chi connectivity index (χ2v) is 9.18. The van der Waals surface area contributed by atoms with Gasteiger partial charge in [-0.2, -0.15) is 4.31 Å². The molecule has 1 N–H and O–H groups in total. The zero-order chi connectivity index (χ0) is 21.7. The largest absolute Gasteiger partial charge is 0.370 e. The van der Waals surface area contributed by atoms with Crippen LogP contribution in [0.3, 0.4) is 0 Å². The first-order valence-corrected chi connectivity index (χ1v) is 11.8. The van der Waals surface area contributed by atoms with Crippen molar-refractivity contribution >= 4 is 33.4 Å². The molecule has 2 aromatic carbocycles. The molecule has 1 saturated heterocycles. The summed E-state index contributed by atoms with van der Waals surface area (Å²) in [5, 5.41) is 2.94. The number of carbonyl (C=O) groups excluding carboxylic acids is 1. The van der Waals surface area contributed by atoms with E-state index in [-0.39, 0.29) is 10.8 Å². The van der Waals surface area contributed by atoms with Crippen molar-refractivity contribution in [2.75, 3.05) is 36.4 Å². The molecule has 7 heteroatoms. The van der Waals surface area contributed by atoms with Gasteiger partial charge < -0.3 is 10.2 Å². The molecular weight excluding hydrogens is 398 g/mol. The quantitative estimate of drug-likeness (QED) is 0.685. The van der Waals surface area contributed by atoms with Gasteiger partial charge in [-0.25, -0.2) is 8.42 Å². The van der Waals surface area contributed by atoms with Crippen LogP contribution in [0.2, 0.25) is 0 Å². The van der Waals surface area contributed by atoms with Crippen LogP contribution >= 0.6 is 0 Å². The minimum absolute atomic E-state index is 0.187. The van der Waals surface area contributed by atoms with Gasteiger partial charge in [0.05, 0.1) is 16.3 Å². The third-order valence-electron chi connectivity index (χ3n) is 5.41. The molecule has 2 aromatic rings. The van der Waals surface area contributed by atoms with E-state index in [0.717, 1.165) is 37.2 Å². The SMILES string of the molecule is C=Cc1ccc(C(=O)Nc2cc(S(=O)(=O)N(CC)CC)ccc2N2CCCC2)cc1. The number of carbonyl (C=O) groups is 1. The highest BCUT2D eigenvalue weighted by Crippen LogP contribution is 2.32. The first kappa shape index (κ1) is 22.1. The number of rotatable bonds is 8. The fourth-order valence-corrected chi connectivity index (χ4v) is 5.17. The van der Waals surface area contributed by atoms with Crippen LogP contribution in [0.25, 0.3) is 6.08 Å². The van der Waals surface area contributed by atoms with Gasteiger partial charge in [-0.15, -0.1) is 0 Å². The molecule has 1 aliphatic heterocycles. The molecule has 0 spiro atoms. The van der Waals surface area contributed by atoms with Gasteiger partial charge in [-0.05, 0) is 48.7 Å². The van der Waals surface area contributed by atoms with E-state index < -0.39 is 10.0 Å². The Balaban J connectivity index is 1.98. The minimum Gasteiger partial charge on any atom is -0.370 e. The average molecular weight is 428 g/mol. The van der Waals surface area contributed by atoms with Gasteiger partial charge in [0.25, 0.3) is 5.91 Å². The standard InChI is InChI=1S/C23H29N3O3S/c1-4-18-9-11-19(12-10-18)23(27)24-21-17-20(30(28,29)26(5-2)6-3)13-14-22(21)25-15-7-8-16-25/h4,9-14,17H,1,5-8,15-16H2,2-3H3,(H,24,27). The van der Waals surface area contributed by atoms with Crippen LogP contribution in [0, 0.1) is 0 Å². The summed E-state index contributed by atoms with van der Waals surface area (Å²) in [4.78, 5) is 15.2. The summed E-state index contributed by atoms with van der Waals surface area (Å²) in [5.41, 5.74) is 2.80. The molecule has 0 aliphatic carbocycles. The number of nitrogens with one attached hydrogen (secondary N) is 1. The summed E-state index contributed by atoms with van der Waals surface area (Å²) in [5.74, 6) is -0.275. The molecule has 1 aliphatic rings. The summed E-state index contributed by atoms with van der Waals surface area (Å²) < 4.78 is 27.4. The maximum absolute atomic E-state index is 13.0. The molecule has 6 nitrogen and oxygen atoms in total. The smallest absolute Gasteiger partial charge is 0.255 e. The van der Waals surface area contributed by atoms with Gasteiger partial charge in [0.2, 0.25) is 10.0 Å². The number of nitrogens with zero attached hydrogens (tertiary/aromatic N) is 2. The van der Waals surface area contributed by atoms with Gasteiger partial charge in [0.15, 0.2) is 0 Å². The maximum atomic E-state index is 13.0. The fourth-order valence-electron chi connectivity index (χ4n) is 3.69. The molecular formula is C23H29N3O3S. The van der Waals surface area contributed by atoms with Crippen molar-refractivity contribution in [2.24, 2.45) is 0 Å². The summed E-state index contributed by atoms with van der Waals surface area (Å²) in [7, 11) is -3.62. The topological polar surface area (TPSA) is 69.7 Å². The van der Waals surface area contributed by atoms with E-state index in [2.05, 4.69) is 16.8 Å². The summed E-state index contributed by atoms with van der Waals surface area (Å²) in [6.45, 7) is 9.91. The first-order valence-electron chi connectivity index (χ1n) is 10.3. The molecule has 0 atom stereocenters. The van der Waals surface area contributed by atoms with E-state index in [0.29, 0.717) is 24.3 Å². The molecule has 0 radical (unpaired) electrons. The van der Waals surface area contributed by atoms with E-state index in [1.165, 1.54) is 4.31 Å². The molecule has 1 fully saturated rings. The third-order valence-corrected chi connectivity index (χ3v) is 7.46. The first-order chi connectivity index (χ1) is 14.4. The molecule has 0 bridgehead atoms. The van der Waals surface area contributed by atoms with Gasteiger partial charge in [-0.3, -0.25) is 4.79 Å². The Labute approximate surface area is 179 Å². The van der Waals surface area contributed by atoms with Crippen molar-refractivity contribution < 1.29 is 13.2 Å².